The molecule has 0 aliphatic heterocycles. The number of carboxylic acids is 1. The van der Waals surface area contributed by atoms with Gasteiger partial charge in [0.25, 0.3) is 0 Å². The fourth-order valence-electron chi connectivity index (χ4n) is 1.17. The standard InChI is InChI=1S/C10H13NO3S/c1-15-7-4-2-3-6(5-7)9(12)8(11)10(13)14/h2-5,8-9,12H,11H2,1H3,(H,13,14). The SMILES string of the molecule is CSc1cccc(C(O)C(N)C(=O)O)c1. The molecule has 0 radical (unpaired) electrons. The molecule has 0 aliphatic rings. The normalized spacial score (nSPS) is 14.6. The molecule has 0 spiro atoms. The molecule has 0 heterocycles. The highest BCUT2D eigenvalue weighted by atomic mass is 32.2. The van der Waals surface area contributed by atoms with Gasteiger partial charge in [0.1, 0.15) is 12.1 Å². The molecule has 0 amide bonds. The highest BCUT2D eigenvalue weighted by molar-refractivity contribution is 7.98. The Morgan fingerprint density at radius 2 is 2.20 bits per heavy atom. The van der Waals surface area contributed by atoms with E-state index in [1.165, 1.54) is 11.8 Å². The van der Waals surface area contributed by atoms with Gasteiger partial charge in [-0.05, 0) is 24.0 Å². The van der Waals surface area contributed by atoms with E-state index in [-0.39, 0.29) is 0 Å². The summed E-state index contributed by atoms with van der Waals surface area (Å²) in [5.74, 6) is -1.21. The molecule has 15 heavy (non-hydrogen) atoms. The summed E-state index contributed by atoms with van der Waals surface area (Å²) in [6, 6.07) is 5.75. The molecule has 0 aliphatic carbocycles. The Bertz CT molecular complexity index is 356. The lowest BCUT2D eigenvalue weighted by Gasteiger charge is -2.15. The minimum Gasteiger partial charge on any atom is -0.480 e. The number of aliphatic hydroxyl groups excluding tert-OH is 1. The first kappa shape index (κ1) is 12.0. The minimum absolute atomic E-state index is 0.525. The van der Waals surface area contributed by atoms with Gasteiger partial charge in [-0.1, -0.05) is 12.1 Å². The van der Waals surface area contributed by atoms with Crippen LogP contribution in [0.2, 0.25) is 0 Å². The van der Waals surface area contributed by atoms with E-state index in [1.807, 2.05) is 12.3 Å². The average molecular weight is 227 g/mol. The van der Waals surface area contributed by atoms with E-state index < -0.39 is 18.1 Å². The molecule has 0 saturated heterocycles. The van der Waals surface area contributed by atoms with Gasteiger partial charge in [0.05, 0.1) is 0 Å². The number of aliphatic carboxylic acids is 1. The second-order valence-electron chi connectivity index (χ2n) is 3.09. The van der Waals surface area contributed by atoms with Gasteiger partial charge in [-0.15, -0.1) is 11.8 Å². The number of hydrogen-bond acceptors (Lipinski definition) is 4. The molecule has 82 valence electrons. The van der Waals surface area contributed by atoms with Gasteiger partial charge in [0.15, 0.2) is 0 Å². The third-order valence-corrected chi connectivity index (χ3v) is 2.79. The maximum Gasteiger partial charge on any atom is 0.323 e. The number of hydrogen-bond donors (Lipinski definition) is 3. The monoisotopic (exact) mass is 227 g/mol. The Hall–Kier alpha value is -1.04. The number of thioether (sulfide) groups is 1. The number of aliphatic hydroxyl groups is 1. The predicted octanol–water partition coefficient (Wildman–Crippen LogP) is 0.854. The van der Waals surface area contributed by atoms with Crippen molar-refractivity contribution in [3.8, 4) is 0 Å². The van der Waals surface area contributed by atoms with E-state index in [2.05, 4.69) is 0 Å². The molecule has 5 heteroatoms. The maximum atomic E-state index is 10.6. The van der Waals surface area contributed by atoms with E-state index in [0.717, 1.165) is 4.90 Å². The van der Waals surface area contributed by atoms with Crippen molar-refractivity contribution in [2.75, 3.05) is 6.26 Å². The molecule has 0 saturated carbocycles. The number of nitrogens with two attached hydrogens (primary N) is 1. The quantitative estimate of drug-likeness (QED) is 0.664. The van der Waals surface area contributed by atoms with Gasteiger partial charge in [0.2, 0.25) is 0 Å². The van der Waals surface area contributed by atoms with E-state index in [9.17, 15) is 9.90 Å². The lowest BCUT2D eigenvalue weighted by Crippen LogP contribution is -2.36. The van der Waals surface area contributed by atoms with E-state index in [0.29, 0.717) is 5.56 Å². The molecule has 2 unspecified atom stereocenters. The summed E-state index contributed by atoms with van der Waals surface area (Å²) < 4.78 is 0. The van der Waals surface area contributed by atoms with Crippen LogP contribution in [-0.4, -0.2) is 28.5 Å². The minimum atomic E-state index is -1.29. The molecule has 2 atom stereocenters. The van der Waals surface area contributed by atoms with Crippen molar-refractivity contribution in [1.29, 1.82) is 0 Å². The van der Waals surface area contributed by atoms with Crippen LogP contribution in [0.4, 0.5) is 0 Å². The summed E-state index contributed by atoms with van der Waals surface area (Å²) >= 11 is 1.52. The van der Waals surface area contributed by atoms with Crippen LogP contribution in [0.1, 0.15) is 11.7 Å². The smallest absolute Gasteiger partial charge is 0.323 e. The third kappa shape index (κ3) is 2.95. The molecular formula is C10H13NO3S. The van der Waals surface area contributed by atoms with Crippen LogP contribution in [0.25, 0.3) is 0 Å². The van der Waals surface area contributed by atoms with Crippen molar-refractivity contribution in [3.05, 3.63) is 29.8 Å². The Labute approximate surface area is 92.1 Å². The van der Waals surface area contributed by atoms with Gasteiger partial charge >= 0.3 is 5.97 Å². The predicted molar refractivity (Wildman–Crippen MR) is 58.8 cm³/mol. The second-order valence-corrected chi connectivity index (χ2v) is 3.97. The van der Waals surface area contributed by atoms with Crippen LogP contribution in [0.5, 0.6) is 0 Å². The third-order valence-electron chi connectivity index (χ3n) is 2.06. The summed E-state index contributed by atoms with van der Waals surface area (Å²) in [6.45, 7) is 0. The molecule has 0 bridgehead atoms. The summed E-state index contributed by atoms with van der Waals surface area (Å²) in [6.07, 6.45) is 0.734. The van der Waals surface area contributed by atoms with Crippen LogP contribution in [0.15, 0.2) is 29.2 Å². The molecule has 4 nitrogen and oxygen atoms in total. The van der Waals surface area contributed by atoms with E-state index in [1.54, 1.807) is 18.2 Å². The molecular weight excluding hydrogens is 214 g/mol. The van der Waals surface area contributed by atoms with Crippen LogP contribution < -0.4 is 5.73 Å². The number of rotatable bonds is 4. The summed E-state index contributed by atoms with van der Waals surface area (Å²) in [5, 5.41) is 18.3. The van der Waals surface area contributed by atoms with Crippen molar-refractivity contribution in [3.63, 3.8) is 0 Å². The molecule has 1 aromatic rings. The van der Waals surface area contributed by atoms with Gasteiger partial charge in [-0.3, -0.25) is 4.79 Å². The fraction of sp³-hybridized carbons (Fsp3) is 0.300. The summed E-state index contributed by atoms with van der Waals surface area (Å²) in [7, 11) is 0. The highest BCUT2D eigenvalue weighted by Crippen LogP contribution is 2.21. The van der Waals surface area contributed by atoms with Gasteiger partial charge < -0.3 is 15.9 Å². The van der Waals surface area contributed by atoms with Crippen molar-refractivity contribution in [2.45, 2.75) is 17.0 Å². The summed E-state index contributed by atoms with van der Waals surface area (Å²) in [5.41, 5.74) is 5.85. The topological polar surface area (TPSA) is 83.5 Å². The van der Waals surface area contributed by atoms with E-state index >= 15 is 0 Å². The van der Waals surface area contributed by atoms with Crippen LogP contribution in [0.3, 0.4) is 0 Å². The Morgan fingerprint density at radius 1 is 1.53 bits per heavy atom. The fourth-order valence-corrected chi connectivity index (χ4v) is 1.64. The average Bonchev–Trinajstić information content (AvgIpc) is 2.27. The molecule has 4 N–H and O–H groups in total. The van der Waals surface area contributed by atoms with Crippen LogP contribution >= 0.6 is 11.8 Å². The first-order chi connectivity index (χ1) is 7.06. The zero-order valence-electron chi connectivity index (χ0n) is 8.25. The van der Waals surface area contributed by atoms with Gasteiger partial charge in [-0.25, -0.2) is 0 Å². The molecule has 0 aromatic heterocycles. The first-order valence-corrected chi connectivity index (χ1v) is 5.59. The largest absolute Gasteiger partial charge is 0.480 e. The Balaban J connectivity index is 2.90. The number of carbonyl (C=O) groups is 1. The lowest BCUT2D eigenvalue weighted by molar-refractivity contribution is -0.141. The van der Waals surface area contributed by atoms with Crippen LogP contribution in [0, 0.1) is 0 Å². The van der Waals surface area contributed by atoms with Gasteiger partial charge in [0, 0.05) is 4.90 Å². The molecule has 1 rings (SSSR count). The highest BCUT2D eigenvalue weighted by Gasteiger charge is 2.23. The molecule has 1 aromatic carbocycles. The zero-order chi connectivity index (χ0) is 11.4. The van der Waals surface area contributed by atoms with Crippen LogP contribution in [-0.2, 0) is 4.79 Å². The van der Waals surface area contributed by atoms with Crippen molar-refractivity contribution in [2.24, 2.45) is 5.73 Å². The lowest BCUT2D eigenvalue weighted by atomic mass is 10.0. The van der Waals surface area contributed by atoms with E-state index in [4.69, 9.17) is 10.8 Å². The van der Waals surface area contributed by atoms with Gasteiger partial charge in [-0.2, -0.15) is 0 Å². The van der Waals surface area contributed by atoms with Crippen molar-refractivity contribution < 1.29 is 15.0 Å². The maximum absolute atomic E-state index is 10.6. The Morgan fingerprint density at radius 3 is 2.73 bits per heavy atom. The Kier molecular flexibility index (Phi) is 4.14. The second kappa shape index (κ2) is 5.16. The molecule has 0 fully saturated rings. The first-order valence-electron chi connectivity index (χ1n) is 4.36. The number of carboxylic acid groups (broad SMARTS) is 1. The summed E-state index contributed by atoms with van der Waals surface area (Å²) in [4.78, 5) is 11.5. The number of benzene rings is 1. The van der Waals surface area contributed by atoms with Crippen molar-refractivity contribution >= 4 is 17.7 Å². The zero-order valence-corrected chi connectivity index (χ0v) is 9.07. The van der Waals surface area contributed by atoms with Crippen molar-refractivity contribution in [1.82, 2.24) is 0 Å².